The first-order valence-corrected chi connectivity index (χ1v) is 8.07. The first-order chi connectivity index (χ1) is 9.28. The predicted molar refractivity (Wildman–Crippen MR) is 102 cm³/mol. The van der Waals surface area contributed by atoms with E-state index in [9.17, 15) is 0 Å². The average Bonchev–Trinajstić information content (AvgIpc) is 2.78. The molecule has 4 nitrogen and oxygen atoms in total. The molecular weight excluding hydrogens is 395 g/mol. The maximum absolute atomic E-state index is 4.76. The van der Waals surface area contributed by atoms with Crippen molar-refractivity contribution in [2.45, 2.75) is 53.6 Å². The Hall–Kier alpha value is -0.370. The Morgan fingerprint density at radius 2 is 2.10 bits per heavy atom. The minimum atomic E-state index is 0. The largest absolute Gasteiger partial charge is 0.356 e. The summed E-state index contributed by atoms with van der Waals surface area (Å²) in [5, 5.41) is 4.49. The van der Waals surface area contributed by atoms with Crippen molar-refractivity contribution in [3.05, 3.63) is 16.1 Å². The zero-order chi connectivity index (χ0) is 15.0. The molecule has 2 heterocycles. The van der Waals surface area contributed by atoms with E-state index >= 15 is 0 Å². The van der Waals surface area contributed by atoms with Gasteiger partial charge in [0, 0.05) is 35.1 Å². The summed E-state index contributed by atoms with van der Waals surface area (Å²) in [5.74, 6) is 1.00. The number of aliphatic imine (C=N–C) groups is 1. The second kappa shape index (κ2) is 6.81. The van der Waals surface area contributed by atoms with Gasteiger partial charge in [0.1, 0.15) is 5.01 Å². The summed E-state index contributed by atoms with van der Waals surface area (Å²) in [5.41, 5.74) is 0.452. The minimum absolute atomic E-state index is 0. The second-order valence-corrected chi connectivity index (χ2v) is 7.88. The minimum Gasteiger partial charge on any atom is -0.356 e. The quantitative estimate of drug-likeness (QED) is 0.459. The Bertz CT molecular complexity index is 508. The van der Waals surface area contributed by atoms with Crippen molar-refractivity contribution in [2.75, 3.05) is 13.1 Å². The van der Waals surface area contributed by atoms with Crippen molar-refractivity contribution in [1.29, 1.82) is 0 Å². The Balaban J connectivity index is 0.00000220. The molecule has 0 amide bonds. The van der Waals surface area contributed by atoms with Crippen LogP contribution in [0, 0.1) is 12.3 Å². The number of halogens is 1. The first kappa shape index (κ1) is 18.7. The molecule has 1 aromatic heterocycles. The molecule has 1 fully saturated rings. The number of guanidine groups is 1. The van der Waals surface area contributed by atoms with E-state index in [4.69, 9.17) is 4.99 Å². The van der Waals surface area contributed by atoms with Gasteiger partial charge in [-0.15, -0.1) is 35.3 Å². The van der Waals surface area contributed by atoms with Crippen LogP contribution in [0.25, 0.3) is 0 Å². The maximum Gasteiger partial charge on any atom is 0.194 e. The van der Waals surface area contributed by atoms with Gasteiger partial charge in [-0.25, -0.2) is 9.98 Å². The van der Waals surface area contributed by atoms with E-state index in [1.807, 2.05) is 6.20 Å². The number of hydrogen-bond donors (Lipinski definition) is 1. The SMILES string of the molecule is CCNC(=NCc1ncc(C)s1)N1CC(C)(C)C1(C)C.I. The lowest BCUT2D eigenvalue weighted by Crippen LogP contribution is -2.72. The van der Waals surface area contributed by atoms with Crippen LogP contribution >= 0.6 is 35.3 Å². The predicted octanol–water partition coefficient (Wildman–Crippen LogP) is 3.66. The van der Waals surface area contributed by atoms with Gasteiger partial charge in [0.2, 0.25) is 0 Å². The molecular formula is C15H27IN4S. The smallest absolute Gasteiger partial charge is 0.194 e. The van der Waals surface area contributed by atoms with E-state index < -0.39 is 0 Å². The van der Waals surface area contributed by atoms with Crippen molar-refractivity contribution in [1.82, 2.24) is 15.2 Å². The highest BCUT2D eigenvalue weighted by Crippen LogP contribution is 2.46. The standard InChI is InChI=1S/C15H26N4S.HI/c1-7-16-13(18-9-12-17-8-11(2)20-12)19-10-14(3,4)15(19,5)6;/h8H,7,9-10H2,1-6H3,(H,16,18);1H. The second-order valence-electron chi connectivity index (χ2n) is 6.56. The first-order valence-electron chi connectivity index (χ1n) is 7.25. The molecule has 1 aliphatic heterocycles. The van der Waals surface area contributed by atoms with Crippen molar-refractivity contribution < 1.29 is 0 Å². The number of hydrogen-bond acceptors (Lipinski definition) is 3. The van der Waals surface area contributed by atoms with Crippen LogP contribution in [0.15, 0.2) is 11.2 Å². The third-order valence-corrected chi connectivity index (χ3v) is 5.41. The summed E-state index contributed by atoms with van der Waals surface area (Å²) >= 11 is 1.72. The van der Waals surface area contributed by atoms with Gasteiger partial charge in [0.15, 0.2) is 5.96 Å². The van der Waals surface area contributed by atoms with Gasteiger partial charge >= 0.3 is 0 Å². The molecule has 1 saturated heterocycles. The lowest BCUT2D eigenvalue weighted by molar-refractivity contribution is -0.0667. The molecule has 0 unspecified atom stereocenters. The summed E-state index contributed by atoms with van der Waals surface area (Å²) in [4.78, 5) is 12.8. The van der Waals surface area contributed by atoms with Crippen molar-refractivity contribution in [3.63, 3.8) is 0 Å². The van der Waals surface area contributed by atoms with E-state index in [-0.39, 0.29) is 29.5 Å². The van der Waals surface area contributed by atoms with Gasteiger partial charge in [0.25, 0.3) is 0 Å². The Morgan fingerprint density at radius 1 is 1.43 bits per heavy atom. The van der Waals surface area contributed by atoms with Crippen LogP contribution < -0.4 is 5.32 Å². The number of thiazole rings is 1. The van der Waals surface area contributed by atoms with E-state index in [1.165, 1.54) is 4.88 Å². The molecule has 120 valence electrons. The van der Waals surface area contributed by atoms with Crippen LogP contribution in [-0.2, 0) is 6.54 Å². The number of rotatable bonds is 3. The van der Waals surface area contributed by atoms with Gasteiger partial charge in [-0.1, -0.05) is 13.8 Å². The molecule has 1 aromatic rings. The van der Waals surface area contributed by atoms with Crippen molar-refractivity contribution in [3.8, 4) is 0 Å². The highest BCUT2D eigenvalue weighted by Gasteiger charge is 2.53. The number of likely N-dealkylation sites (tertiary alicyclic amines) is 1. The molecule has 0 saturated carbocycles. The van der Waals surface area contributed by atoms with Crippen molar-refractivity contribution in [2.24, 2.45) is 10.4 Å². The van der Waals surface area contributed by atoms with Gasteiger partial charge in [-0.05, 0) is 27.7 Å². The molecule has 0 bridgehead atoms. The van der Waals surface area contributed by atoms with E-state index in [1.54, 1.807) is 11.3 Å². The zero-order valence-corrected chi connectivity index (χ0v) is 17.0. The number of aryl methyl sites for hydroxylation is 1. The van der Waals surface area contributed by atoms with Crippen LogP contribution in [0.3, 0.4) is 0 Å². The van der Waals surface area contributed by atoms with Gasteiger partial charge in [-0.2, -0.15) is 0 Å². The fraction of sp³-hybridized carbons (Fsp3) is 0.733. The number of nitrogens with one attached hydrogen (secondary N) is 1. The molecule has 0 aliphatic carbocycles. The fourth-order valence-electron chi connectivity index (χ4n) is 2.41. The van der Waals surface area contributed by atoms with Crippen LogP contribution in [0.2, 0.25) is 0 Å². The summed E-state index contributed by atoms with van der Waals surface area (Å²) in [7, 11) is 0. The third-order valence-electron chi connectivity index (χ3n) is 4.51. The molecule has 6 heteroatoms. The van der Waals surface area contributed by atoms with E-state index in [0.29, 0.717) is 12.0 Å². The molecule has 0 atom stereocenters. The third kappa shape index (κ3) is 3.70. The summed E-state index contributed by atoms with van der Waals surface area (Å²) in [6.07, 6.45) is 1.92. The Morgan fingerprint density at radius 3 is 2.52 bits per heavy atom. The van der Waals surface area contributed by atoms with E-state index in [0.717, 1.165) is 24.1 Å². The molecule has 0 spiro atoms. The van der Waals surface area contributed by atoms with Crippen LogP contribution in [0.4, 0.5) is 0 Å². The average molecular weight is 422 g/mol. The Labute approximate surface area is 149 Å². The van der Waals surface area contributed by atoms with Gasteiger partial charge in [0.05, 0.1) is 6.54 Å². The zero-order valence-electron chi connectivity index (χ0n) is 13.9. The van der Waals surface area contributed by atoms with Crippen LogP contribution in [-0.4, -0.2) is 34.5 Å². The molecule has 1 aliphatic rings. The van der Waals surface area contributed by atoms with Crippen LogP contribution in [0.1, 0.15) is 44.5 Å². The summed E-state index contributed by atoms with van der Waals surface area (Å²) in [6.45, 7) is 16.0. The number of nitrogens with zero attached hydrogens (tertiary/aromatic N) is 3. The highest BCUT2D eigenvalue weighted by molar-refractivity contribution is 14.0. The summed E-state index contributed by atoms with van der Waals surface area (Å²) in [6, 6.07) is 0. The molecule has 1 N–H and O–H groups in total. The lowest BCUT2D eigenvalue weighted by atomic mass is 9.65. The fourth-order valence-corrected chi connectivity index (χ4v) is 3.12. The maximum atomic E-state index is 4.76. The molecule has 0 aromatic carbocycles. The van der Waals surface area contributed by atoms with E-state index in [2.05, 4.69) is 56.7 Å². The monoisotopic (exact) mass is 422 g/mol. The number of aromatic nitrogens is 1. The van der Waals surface area contributed by atoms with Gasteiger partial charge < -0.3 is 10.2 Å². The van der Waals surface area contributed by atoms with Crippen molar-refractivity contribution >= 4 is 41.3 Å². The lowest BCUT2D eigenvalue weighted by Gasteiger charge is -2.62. The van der Waals surface area contributed by atoms with Gasteiger partial charge in [-0.3, -0.25) is 0 Å². The molecule has 21 heavy (non-hydrogen) atoms. The summed E-state index contributed by atoms with van der Waals surface area (Å²) < 4.78 is 0. The molecule has 2 rings (SSSR count). The molecule has 0 radical (unpaired) electrons. The Kier molecular flexibility index (Phi) is 6.06. The van der Waals surface area contributed by atoms with Crippen LogP contribution in [0.5, 0.6) is 0 Å². The highest BCUT2D eigenvalue weighted by atomic mass is 127. The topological polar surface area (TPSA) is 40.5 Å². The normalized spacial score (nSPS) is 19.7.